The molecule has 0 amide bonds. The number of nitrogens with zero attached hydrogens (tertiary/aromatic N) is 6. The maximum atomic E-state index is 5.12. The van der Waals surface area contributed by atoms with Gasteiger partial charge < -0.3 is 9.72 Å². The van der Waals surface area contributed by atoms with Crippen LogP contribution in [0.4, 0.5) is 0 Å². The number of aromatic amines is 1. The fourth-order valence-corrected chi connectivity index (χ4v) is 3.00. The number of nitrogens with one attached hydrogen (secondary N) is 1. The molecular formula is C15H13N7OS. The Bertz CT molecular complexity index is 966. The Morgan fingerprint density at radius 2 is 2.00 bits per heavy atom. The number of thioether (sulfide) groups is 1. The Morgan fingerprint density at radius 1 is 1.12 bits per heavy atom. The van der Waals surface area contributed by atoms with Gasteiger partial charge in [0.1, 0.15) is 5.82 Å². The van der Waals surface area contributed by atoms with Crippen LogP contribution in [0, 0.1) is 0 Å². The first-order valence-electron chi connectivity index (χ1n) is 7.20. The van der Waals surface area contributed by atoms with Gasteiger partial charge in [-0.3, -0.25) is 0 Å². The highest BCUT2D eigenvalue weighted by molar-refractivity contribution is 7.98. The van der Waals surface area contributed by atoms with Crippen molar-refractivity contribution in [3.63, 3.8) is 0 Å². The lowest BCUT2D eigenvalue weighted by Gasteiger charge is -2.02. The summed E-state index contributed by atoms with van der Waals surface area (Å²) in [7, 11) is 1.58. The molecule has 9 heteroatoms. The van der Waals surface area contributed by atoms with Crippen molar-refractivity contribution in [2.24, 2.45) is 0 Å². The van der Waals surface area contributed by atoms with Gasteiger partial charge in [0.2, 0.25) is 11.0 Å². The number of tetrazole rings is 1. The van der Waals surface area contributed by atoms with E-state index in [0.717, 1.165) is 17.0 Å². The molecule has 0 atom stereocenters. The topological polar surface area (TPSA) is 94.4 Å². The van der Waals surface area contributed by atoms with Crippen LogP contribution >= 0.6 is 11.8 Å². The van der Waals surface area contributed by atoms with Gasteiger partial charge in [-0.25, -0.2) is 4.98 Å². The van der Waals surface area contributed by atoms with Crippen LogP contribution in [0.15, 0.2) is 47.6 Å². The molecule has 8 nitrogen and oxygen atoms in total. The fraction of sp³-hybridized carbons (Fsp3) is 0.133. The molecule has 3 aromatic heterocycles. The van der Waals surface area contributed by atoms with Crippen LogP contribution < -0.4 is 4.74 Å². The predicted molar refractivity (Wildman–Crippen MR) is 89.2 cm³/mol. The third-order valence-electron chi connectivity index (χ3n) is 3.36. The van der Waals surface area contributed by atoms with Gasteiger partial charge in [-0.2, -0.15) is 9.67 Å². The van der Waals surface area contributed by atoms with Gasteiger partial charge in [-0.1, -0.05) is 30.0 Å². The van der Waals surface area contributed by atoms with Crippen LogP contribution in [0.25, 0.3) is 16.9 Å². The molecule has 0 spiro atoms. The van der Waals surface area contributed by atoms with E-state index in [0.29, 0.717) is 22.4 Å². The molecule has 0 aliphatic carbocycles. The summed E-state index contributed by atoms with van der Waals surface area (Å²) < 4.78 is 6.82. The quantitative estimate of drug-likeness (QED) is 0.557. The molecule has 0 aliphatic heterocycles. The number of pyridine rings is 1. The zero-order valence-corrected chi connectivity index (χ0v) is 13.6. The van der Waals surface area contributed by atoms with Crippen molar-refractivity contribution in [1.29, 1.82) is 0 Å². The van der Waals surface area contributed by atoms with Crippen LogP contribution in [0.2, 0.25) is 0 Å². The van der Waals surface area contributed by atoms with E-state index in [4.69, 9.17) is 4.74 Å². The first-order chi connectivity index (χ1) is 11.8. The first-order valence-corrected chi connectivity index (χ1v) is 8.18. The monoisotopic (exact) mass is 339 g/mol. The second-order valence-corrected chi connectivity index (χ2v) is 5.85. The number of hydrogen-bond acceptors (Lipinski definition) is 7. The predicted octanol–water partition coefficient (Wildman–Crippen LogP) is 2.23. The molecule has 1 aromatic carbocycles. The smallest absolute Gasteiger partial charge is 0.215 e. The summed E-state index contributed by atoms with van der Waals surface area (Å²) in [6.07, 6.45) is 0. The van der Waals surface area contributed by atoms with Gasteiger partial charge in [0.05, 0.1) is 24.1 Å². The Hall–Kier alpha value is -2.94. The number of imidazole rings is 1. The molecule has 24 heavy (non-hydrogen) atoms. The molecule has 1 N–H and O–H groups in total. The molecule has 0 radical (unpaired) electrons. The number of rotatable bonds is 5. The van der Waals surface area contributed by atoms with Gasteiger partial charge >= 0.3 is 0 Å². The molecule has 0 bridgehead atoms. The fourth-order valence-electron chi connectivity index (χ4n) is 2.24. The van der Waals surface area contributed by atoms with Crippen molar-refractivity contribution in [3.8, 4) is 11.6 Å². The van der Waals surface area contributed by atoms with Gasteiger partial charge in [-0.05, 0) is 28.6 Å². The Kier molecular flexibility index (Phi) is 3.83. The van der Waals surface area contributed by atoms with Gasteiger partial charge in [0, 0.05) is 6.07 Å². The van der Waals surface area contributed by atoms with Crippen LogP contribution in [0.5, 0.6) is 5.88 Å². The number of aromatic nitrogens is 7. The van der Waals surface area contributed by atoms with E-state index >= 15 is 0 Å². The highest BCUT2D eigenvalue weighted by Crippen LogP contribution is 2.23. The molecule has 3 heterocycles. The van der Waals surface area contributed by atoms with Crippen molar-refractivity contribution < 1.29 is 4.74 Å². The van der Waals surface area contributed by atoms with Crippen molar-refractivity contribution in [2.45, 2.75) is 10.9 Å². The summed E-state index contributed by atoms with van der Waals surface area (Å²) in [5, 5.41) is 12.6. The molecule has 4 rings (SSSR count). The summed E-state index contributed by atoms with van der Waals surface area (Å²) in [5.41, 5.74) is 2.42. The van der Waals surface area contributed by atoms with E-state index in [2.05, 4.69) is 30.5 Å². The second kappa shape index (κ2) is 6.28. The van der Waals surface area contributed by atoms with E-state index < -0.39 is 0 Å². The molecule has 4 aromatic rings. The number of H-pyrrole nitrogens is 1. The average molecular weight is 339 g/mol. The van der Waals surface area contributed by atoms with Crippen LogP contribution in [-0.4, -0.2) is 42.3 Å². The molecule has 0 saturated heterocycles. The summed E-state index contributed by atoms with van der Waals surface area (Å²) in [6, 6.07) is 13.5. The van der Waals surface area contributed by atoms with E-state index in [9.17, 15) is 0 Å². The lowest BCUT2D eigenvalue weighted by atomic mass is 10.3. The minimum atomic E-state index is 0.543. The van der Waals surface area contributed by atoms with E-state index in [1.54, 1.807) is 17.9 Å². The third-order valence-corrected chi connectivity index (χ3v) is 4.29. The van der Waals surface area contributed by atoms with Crippen molar-refractivity contribution in [3.05, 3.63) is 48.3 Å². The zero-order valence-electron chi connectivity index (χ0n) is 12.7. The lowest BCUT2D eigenvalue weighted by molar-refractivity contribution is 0.399. The largest absolute Gasteiger partial charge is 0.481 e. The van der Waals surface area contributed by atoms with Crippen LogP contribution in [0.1, 0.15) is 5.82 Å². The number of hydrogen-bond donors (Lipinski definition) is 1. The first kappa shape index (κ1) is 14.6. The standard InChI is InChI=1S/C15H13N7OS/c1-23-13-8-7-11-14(18-13)17-12(16-11)9-24-15-19-20-21-22(15)10-5-3-2-4-6-10/h2-8H,9H2,1H3,(H,16,17,18). The van der Waals surface area contributed by atoms with E-state index in [1.807, 2.05) is 36.4 Å². The molecular weight excluding hydrogens is 326 g/mol. The average Bonchev–Trinajstić information content (AvgIpc) is 3.26. The third kappa shape index (κ3) is 2.81. The van der Waals surface area contributed by atoms with E-state index in [1.165, 1.54) is 11.8 Å². The maximum Gasteiger partial charge on any atom is 0.215 e. The summed E-state index contributed by atoms with van der Waals surface area (Å²) in [5.74, 6) is 1.95. The minimum absolute atomic E-state index is 0.543. The van der Waals surface area contributed by atoms with Gasteiger partial charge in [0.25, 0.3) is 0 Å². The number of fused-ring (bicyclic) bond motifs is 1. The normalized spacial score (nSPS) is 11.0. The van der Waals surface area contributed by atoms with Gasteiger partial charge in [0.15, 0.2) is 5.65 Å². The number of para-hydroxylation sites is 1. The molecule has 0 aliphatic rings. The second-order valence-electron chi connectivity index (χ2n) is 4.91. The summed E-state index contributed by atoms with van der Waals surface area (Å²) in [6.45, 7) is 0. The Labute approximate surface area is 141 Å². The molecule has 0 fully saturated rings. The Morgan fingerprint density at radius 3 is 2.83 bits per heavy atom. The number of methoxy groups -OCH3 is 1. The zero-order chi connectivity index (χ0) is 16.4. The van der Waals surface area contributed by atoms with Crippen LogP contribution in [0.3, 0.4) is 0 Å². The highest BCUT2D eigenvalue weighted by Gasteiger charge is 2.11. The summed E-state index contributed by atoms with van der Waals surface area (Å²) >= 11 is 1.50. The van der Waals surface area contributed by atoms with Crippen LogP contribution in [-0.2, 0) is 5.75 Å². The molecule has 120 valence electrons. The van der Waals surface area contributed by atoms with Crippen molar-refractivity contribution >= 4 is 22.9 Å². The number of ether oxygens (including phenoxy) is 1. The molecule has 0 unspecified atom stereocenters. The Balaban J connectivity index is 1.55. The van der Waals surface area contributed by atoms with Crippen molar-refractivity contribution in [1.82, 2.24) is 35.2 Å². The van der Waals surface area contributed by atoms with Crippen molar-refractivity contribution in [2.75, 3.05) is 7.11 Å². The lowest BCUT2D eigenvalue weighted by Crippen LogP contribution is -1.98. The van der Waals surface area contributed by atoms with E-state index in [-0.39, 0.29) is 0 Å². The minimum Gasteiger partial charge on any atom is -0.481 e. The highest BCUT2D eigenvalue weighted by atomic mass is 32.2. The SMILES string of the molecule is COc1ccc2[nH]c(CSc3nnnn3-c3ccccc3)nc2n1. The van der Waals surface area contributed by atoms with Gasteiger partial charge in [-0.15, -0.1) is 5.10 Å². The maximum absolute atomic E-state index is 5.12. The summed E-state index contributed by atoms with van der Waals surface area (Å²) in [4.78, 5) is 12.0. The number of benzene rings is 1. The molecule has 0 saturated carbocycles.